The van der Waals surface area contributed by atoms with Crippen molar-refractivity contribution >= 4 is 31.5 Å². The van der Waals surface area contributed by atoms with Gasteiger partial charge in [0.25, 0.3) is 0 Å². The number of anilines is 1. The van der Waals surface area contributed by atoms with E-state index in [2.05, 4.69) is 15.4 Å². The van der Waals surface area contributed by atoms with Crippen molar-refractivity contribution in [2.45, 2.75) is 18.2 Å². The van der Waals surface area contributed by atoms with E-state index in [0.717, 1.165) is 21.8 Å². The molecule has 2 heterocycles. The van der Waals surface area contributed by atoms with E-state index in [-0.39, 0.29) is 10.7 Å². The minimum atomic E-state index is -3.68. The quantitative estimate of drug-likeness (QED) is 0.488. The molecule has 2 aromatic heterocycles. The molecule has 2 aromatic carbocycles. The van der Waals surface area contributed by atoms with Crippen LogP contribution in [-0.2, 0) is 16.4 Å². The molecule has 0 fully saturated rings. The molecule has 0 aliphatic heterocycles. The number of benzene rings is 2. The SMILES string of the molecule is Cc1cc(-c2cnc3sc(NCCc4ccc(S(N)(=O)=O)cc4)nn23)ccc1F. The maximum Gasteiger partial charge on any atom is 0.238 e. The number of nitrogens with two attached hydrogens (primary N) is 1. The van der Waals surface area contributed by atoms with Crippen LogP contribution in [-0.4, -0.2) is 29.6 Å². The summed E-state index contributed by atoms with van der Waals surface area (Å²) in [5.74, 6) is -0.243. The van der Waals surface area contributed by atoms with Gasteiger partial charge in [-0.1, -0.05) is 23.5 Å². The van der Waals surface area contributed by atoms with Crippen molar-refractivity contribution in [2.24, 2.45) is 5.14 Å². The highest BCUT2D eigenvalue weighted by Gasteiger charge is 2.12. The van der Waals surface area contributed by atoms with Crippen LogP contribution in [0, 0.1) is 12.7 Å². The zero-order valence-corrected chi connectivity index (χ0v) is 17.1. The lowest BCUT2D eigenvalue weighted by Gasteiger charge is -2.04. The van der Waals surface area contributed by atoms with Gasteiger partial charge in [0, 0.05) is 12.1 Å². The van der Waals surface area contributed by atoms with Gasteiger partial charge in [0.05, 0.1) is 16.8 Å². The summed E-state index contributed by atoms with van der Waals surface area (Å²) < 4.78 is 37.9. The third kappa shape index (κ3) is 4.14. The van der Waals surface area contributed by atoms with Gasteiger partial charge in [0.15, 0.2) is 0 Å². The molecule has 29 heavy (non-hydrogen) atoms. The molecule has 0 aliphatic carbocycles. The molecule has 150 valence electrons. The molecule has 10 heteroatoms. The van der Waals surface area contributed by atoms with Crippen molar-refractivity contribution < 1.29 is 12.8 Å². The molecule has 0 spiro atoms. The van der Waals surface area contributed by atoms with Crippen LogP contribution in [0.15, 0.2) is 53.6 Å². The first kappa shape index (κ1) is 19.5. The molecule has 0 saturated carbocycles. The van der Waals surface area contributed by atoms with Gasteiger partial charge >= 0.3 is 0 Å². The number of hydrogen-bond donors (Lipinski definition) is 2. The highest BCUT2D eigenvalue weighted by molar-refractivity contribution is 7.89. The number of rotatable bonds is 6. The smallest absolute Gasteiger partial charge is 0.238 e. The Morgan fingerprint density at radius 1 is 1.21 bits per heavy atom. The van der Waals surface area contributed by atoms with Crippen LogP contribution < -0.4 is 10.5 Å². The second-order valence-electron chi connectivity index (χ2n) is 6.57. The summed E-state index contributed by atoms with van der Waals surface area (Å²) in [6.07, 6.45) is 2.42. The molecule has 4 aromatic rings. The van der Waals surface area contributed by atoms with Gasteiger partial charge in [0.1, 0.15) is 5.82 Å². The third-order valence-electron chi connectivity index (χ3n) is 4.48. The molecule has 7 nitrogen and oxygen atoms in total. The Kier molecular flexibility index (Phi) is 5.07. The van der Waals surface area contributed by atoms with E-state index in [0.29, 0.717) is 23.7 Å². The Bertz CT molecular complexity index is 1280. The number of hydrogen-bond acceptors (Lipinski definition) is 6. The Labute approximate surface area is 171 Å². The molecular weight excluding hydrogens is 413 g/mol. The van der Waals surface area contributed by atoms with E-state index < -0.39 is 10.0 Å². The number of aryl methyl sites for hydroxylation is 1. The highest BCUT2D eigenvalue weighted by Crippen LogP contribution is 2.27. The molecule has 0 unspecified atom stereocenters. The van der Waals surface area contributed by atoms with Gasteiger partial charge in [-0.3, -0.25) is 0 Å². The second kappa shape index (κ2) is 7.54. The Hall–Kier alpha value is -2.82. The fraction of sp³-hybridized carbons (Fsp3) is 0.158. The van der Waals surface area contributed by atoms with Gasteiger partial charge < -0.3 is 5.32 Å². The van der Waals surface area contributed by atoms with Crippen LogP contribution in [0.5, 0.6) is 0 Å². The van der Waals surface area contributed by atoms with Crippen LogP contribution in [0.1, 0.15) is 11.1 Å². The summed E-state index contributed by atoms with van der Waals surface area (Å²) in [5, 5.41) is 13.6. The van der Waals surface area contributed by atoms with Crippen LogP contribution in [0.4, 0.5) is 9.52 Å². The standard InChI is InChI=1S/C19H18FN5O2S2/c1-12-10-14(4-7-16(12)20)17-11-23-19-25(17)24-18(28-19)22-9-8-13-2-5-15(6-3-13)29(21,26)27/h2-7,10-11H,8-9H2,1H3,(H,22,24)(H2,21,26,27). The monoisotopic (exact) mass is 431 g/mol. The fourth-order valence-electron chi connectivity index (χ4n) is 2.92. The average Bonchev–Trinajstić information content (AvgIpc) is 3.24. The lowest BCUT2D eigenvalue weighted by Crippen LogP contribution is -2.12. The summed E-state index contributed by atoms with van der Waals surface area (Å²) in [7, 11) is -3.68. The maximum absolute atomic E-state index is 13.5. The first-order valence-corrected chi connectivity index (χ1v) is 11.1. The number of nitrogens with zero attached hydrogens (tertiary/aromatic N) is 3. The number of nitrogens with one attached hydrogen (secondary N) is 1. The third-order valence-corrected chi connectivity index (χ3v) is 6.29. The van der Waals surface area contributed by atoms with Gasteiger partial charge in [-0.15, -0.1) is 5.10 Å². The molecule has 3 N–H and O–H groups in total. The van der Waals surface area contributed by atoms with E-state index in [4.69, 9.17) is 5.14 Å². The van der Waals surface area contributed by atoms with Gasteiger partial charge in [0.2, 0.25) is 20.1 Å². The van der Waals surface area contributed by atoms with Crippen LogP contribution in [0.25, 0.3) is 16.2 Å². The van der Waals surface area contributed by atoms with Crippen molar-refractivity contribution in [1.82, 2.24) is 14.6 Å². The Morgan fingerprint density at radius 2 is 1.97 bits per heavy atom. The summed E-state index contributed by atoms with van der Waals surface area (Å²) in [6.45, 7) is 2.34. The topological polar surface area (TPSA) is 102 Å². The van der Waals surface area contributed by atoms with Gasteiger partial charge in [-0.25, -0.2) is 27.4 Å². The molecule has 4 rings (SSSR count). The van der Waals surface area contributed by atoms with Crippen molar-refractivity contribution in [2.75, 3.05) is 11.9 Å². The summed E-state index contributed by atoms with van der Waals surface area (Å²) in [6, 6.07) is 11.4. The van der Waals surface area contributed by atoms with Crippen LogP contribution >= 0.6 is 11.3 Å². The normalized spacial score (nSPS) is 11.8. The van der Waals surface area contributed by atoms with E-state index in [1.165, 1.54) is 29.5 Å². The van der Waals surface area contributed by atoms with Crippen molar-refractivity contribution in [3.8, 4) is 11.3 Å². The number of imidazole rings is 1. The van der Waals surface area contributed by atoms with Crippen LogP contribution in [0.2, 0.25) is 0 Å². The highest BCUT2D eigenvalue weighted by atomic mass is 32.2. The van der Waals surface area contributed by atoms with E-state index >= 15 is 0 Å². The number of fused-ring (bicyclic) bond motifs is 1. The zero-order valence-electron chi connectivity index (χ0n) is 15.5. The van der Waals surface area contributed by atoms with Gasteiger partial charge in [-0.2, -0.15) is 0 Å². The first-order chi connectivity index (χ1) is 13.8. The van der Waals surface area contributed by atoms with Crippen LogP contribution in [0.3, 0.4) is 0 Å². The molecule has 0 amide bonds. The van der Waals surface area contributed by atoms with Crippen molar-refractivity contribution in [3.63, 3.8) is 0 Å². The first-order valence-electron chi connectivity index (χ1n) is 8.78. The number of primary sulfonamides is 1. The van der Waals surface area contributed by atoms with Crippen molar-refractivity contribution in [1.29, 1.82) is 0 Å². The predicted octanol–water partition coefficient (Wildman–Crippen LogP) is 3.21. The molecule has 0 radical (unpaired) electrons. The summed E-state index contributed by atoms with van der Waals surface area (Å²) in [4.78, 5) is 5.22. The molecular formula is C19H18FN5O2S2. The minimum absolute atomic E-state index is 0.0962. The van der Waals surface area contributed by atoms with E-state index in [9.17, 15) is 12.8 Å². The Morgan fingerprint density at radius 3 is 2.66 bits per heavy atom. The zero-order chi connectivity index (χ0) is 20.6. The molecule has 0 atom stereocenters. The maximum atomic E-state index is 13.5. The number of sulfonamides is 1. The largest absolute Gasteiger partial charge is 0.360 e. The van der Waals surface area contributed by atoms with Gasteiger partial charge in [-0.05, 0) is 54.8 Å². The fourth-order valence-corrected chi connectivity index (χ4v) is 4.24. The number of halogens is 1. The second-order valence-corrected chi connectivity index (χ2v) is 9.09. The lowest BCUT2D eigenvalue weighted by atomic mass is 10.1. The molecule has 0 aliphatic rings. The summed E-state index contributed by atoms with van der Waals surface area (Å²) >= 11 is 1.42. The predicted molar refractivity (Wildman–Crippen MR) is 111 cm³/mol. The van der Waals surface area contributed by atoms with Crippen molar-refractivity contribution in [3.05, 3.63) is 65.6 Å². The minimum Gasteiger partial charge on any atom is -0.360 e. The lowest BCUT2D eigenvalue weighted by molar-refractivity contribution is 0.597. The molecule has 0 bridgehead atoms. The Balaban J connectivity index is 1.45. The molecule has 0 saturated heterocycles. The van der Waals surface area contributed by atoms with E-state index in [1.807, 2.05) is 0 Å². The summed E-state index contributed by atoms with van der Waals surface area (Å²) in [5.41, 5.74) is 3.20. The van der Waals surface area contributed by atoms with E-state index in [1.54, 1.807) is 41.9 Å². The average molecular weight is 432 g/mol. The number of aromatic nitrogens is 3.